The van der Waals surface area contributed by atoms with Crippen LogP contribution in [-0.4, -0.2) is 24.2 Å². The maximum atomic E-state index is 10.2. The molecule has 0 saturated heterocycles. The average Bonchev–Trinajstić information content (AvgIpc) is 2.54. The van der Waals surface area contributed by atoms with Gasteiger partial charge in [-0.05, 0) is 56.2 Å². The standard InChI is InChI=1S/C18H29N3O/c1-3-5-12-20-18(19-4-2)21-13-16-15-9-7-6-8-14(15)10-11-17(16)22/h10-11,22H,3-9,12-13H2,1-2H3,(H2,19,20,21). The van der Waals surface area contributed by atoms with Crippen molar-refractivity contribution >= 4 is 5.96 Å². The van der Waals surface area contributed by atoms with Gasteiger partial charge in [0.05, 0.1) is 6.54 Å². The number of benzene rings is 1. The molecule has 0 bridgehead atoms. The molecule has 0 saturated carbocycles. The minimum absolute atomic E-state index is 0.383. The van der Waals surface area contributed by atoms with Gasteiger partial charge in [-0.3, -0.25) is 0 Å². The topological polar surface area (TPSA) is 56.7 Å². The predicted molar refractivity (Wildman–Crippen MR) is 92.5 cm³/mol. The van der Waals surface area contributed by atoms with Crippen LogP contribution in [0.2, 0.25) is 0 Å². The third-order valence-corrected chi connectivity index (χ3v) is 4.19. The second-order valence-electron chi connectivity index (χ2n) is 5.88. The van der Waals surface area contributed by atoms with Gasteiger partial charge < -0.3 is 15.7 Å². The number of hydrogen-bond acceptors (Lipinski definition) is 2. The van der Waals surface area contributed by atoms with Crippen LogP contribution in [0.3, 0.4) is 0 Å². The van der Waals surface area contributed by atoms with Gasteiger partial charge in [0.15, 0.2) is 5.96 Å². The van der Waals surface area contributed by atoms with E-state index in [4.69, 9.17) is 0 Å². The average molecular weight is 303 g/mol. The molecule has 0 heterocycles. The number of aromatic hydroxyl groups is 1. The van der Waals surface area contributed by atoms with Crippen molar-refractivity contribution < 1.29 is 5.11 Å². The van der Waals surface area contributed by atoms with Crippen LogP contribution in [0.15, 0.2) is 17.1 Å². The lowest BCUT2D eigenvalue weighted by Crippen LogP contribution is -2.37. The predicted octanol–water partition coefficient (Wildman–Crippen LogP) is 3.13. The molecule has 1 aromatic rings. The molecule has 0 aromatic heterocycles. The molecule has 22 heavy (non-hydrogen) atoms. The lowest BCUT2D eigenvalue weighted by molar-refractivity contribution is 0.465. The third-order valence-electron chi connectivity index (χ3n) is 4.19. The number of phenolic OH excluding ortho intramolecular Hbond substituents is 1. The first kappa shape index (κ1) is 16.7. The molecule has 0 amide bonds. The molecular weight excluding hydrogens is 274 g/mol. The number of fused-ring (bicyclic) bond motifs is 1. The number of unbranched alkanes of at least 4 members (excludes halogenated alkanes) is 1. The molecule has 0 fully saturated rings. The summed E-state index contributed by atoms with van der Waals surface area (Å²) in [5.41, 5.74) is 3.71. The van der Waals surface area contributed by atoms with E-state index in [1.54, 1.807) is 0 Å². The molecule has 2 rings (SSSR count). The first-order valence-corrected chi connectivity index (χ1v) is 8.61. The normalized spacial score (nSPS) is 14.5. The molecule has 0 spiro atoms. The molecule has 0 radical (unpaired) electrons. The zero-order valence-electron chi connectivity index (χ0n) is 13.9. The Morgan fingerprint density at radius 1 is 1.18 bits per heavy atom. The summed E-state index contributed by atoms with van der Waals surface area (Å²) in [5, 5.41) is 16.8. The molecule has 1 aliphatic rings. The van der Waals surface area contributed by atoms with Crippen LogP contribution in [0.1, 0.15) is 56.2 Å². The van der Waals surface area contributed by atoms with Crippen molar-refractivity contribution in [2.75, 3.05) is 13.1 Å². The molecule has 0 aliphatic heterocycles. The van der Waals surface area contributed by atoms with Gasteiger partial charge in [-0.15, -0.1) is 0 Å². The minimum atomic E-state index is 0.383. The van der Waals surface area contributed by atoms with E-state index in [1.165, 1.54) is 30.4 Å². The van der Waals surface area contributed by atoms with E-state index >= 15 is 0 Å². The highest BCUT2D eigenvalue weighted by atomic mass is 16.3. The molecule has 1 aliphatic carbocycles. The minimum Gasteiger partial charge on any atom is -0.508 e. The van der Waals surface area contributed by atoms with Crippen LogP contribution in [0.25, 0.3) is 0 Å². The molecule has 0 atom stereocenters. The van der Waals surface area contributed by atoms with Crippen LogP contribution in [0, 0.1) is 0 Å². The van der Waals surface area contributed by atoms with Gasteiger partial charge in [-0.25, -0.2) is 4.99 Å². The second-order valence-corrected chi connectivity index (χ2v) is 5.88. The number of nitrogens with one attached hydrogen (secondary N) is 2. The summed E-state index contributed by atoms with van der Waals surface area (Å²) in [6, 6.07) is 3.90. The van der Waals surface area contributed by atoms with Crippen molar-refractivity contribution in [1.29, 1.82) is 0 Å². The Balaban J connectivity index is 2.12. The molecule has 4 nitrogen and oxygen atoms in total. The first-order chi connectivity index (χ1) is 10.8. The van der Waals surface area contributed by atoms with Crippen molar-refractivity contribution in [3.63, 3.8) is 0 Å². The zero-order valence-corrected chi connectivity index (χ0v) is 13.9. The summed E-state index contributed by atoms with van der Waals surface area (Å²) in [4.78, 5) is 4.66. The second kappa shape index (κ2) is 8.66. The van der Waals surface area contributed by atoms with Crippen LogP contribution >= 0.6 is 0 Å². The van der Waals surface area contributed by atoms with E-state index in [1.807, 2.05) is 6.07 Å². The summed E-state index contributed by atoms with van der Waals surface area (Å²) in [5.74, 6) is 1.22. The summed E-state index contributed by atoms with van der Waals surface area (Å²) in [7, 11) is 0. The number of aryl methyl sites for hydroxylation is 1. The van der Waals surface area contributed by atoms with Gasteiger partial charge in [0, 0.05) is 18.7 Å². The highest BCUT2D eigenvalue weighted by molar-refractivity contribution is 5.79. The fourth-order valence-electron chi connectivity index (χ4n) is 2.95. The van der Waals surface area contributed by atoms with Crippen molar-refractivity contribution in [2.45, 2.75) is 58.9 Å². The fourth-order valence-corrected chi connectivity index (χ4v) is 2.95. The third kappa shape index (κ3) is 4.39. The quantitative estimate of drug-likeness (QED) is 0.430. The Hall–Kier alpha value is -1.71. The van der Waals surface area contributed by atoms with Crippen molar-refractivity contribution in [1.82, 2.24) is 10.6 Å². The fraction of sp³-hybridized carbons (Fsp3) is 0.611. The summed E-state index contributed by atoms with van der Waals surface area (Å²) in [6.07, 6.45) is 6.95. The van der Waals surface area contributed by atoms with Gasteiger partial charge in [-0.2, -0.15) is 0 Å². The van der Waals surface area contributed by atoms with Gasteiger partial charge >= 0.3 is 0 Å². The van der Waals surface area contributed by atoms with Crippen molar-refractivity contribution in [2.24, 2.45) is 4.99 Å². The van der Waals surface area contributed by atoms with Gasteiger partial charge in [0.1, 0.15) is 5.75 Å². The van der Waals surface area contributed by atoms with E-state index in [-0.39, 0.29) is 0 Å². The molecule has 4 heteroatoms. The number of hydrogen-bond donors (Lipinski definition) is 3. The highest BCUT2D eigenvalue weighted by Gasteiger charge is 2.16. The largest absolute Gasteiger partial charge is 0.508 e. The molecule has 0 unspecified atom stereocenters. The maximum absolute atomic E-state index is 10.2. The van der Waals surface area contributed by atoms with Crippen molar-refractivity contribution in [3.8, 4) is 5.75 Å². The monoisotopic (exact) mass is 303 g/mol. The number of rotatable bonds is 6. The Bertz CT molecular complexity index is 511. The maximum Gasteiger partial charge on any atom is 0.191 e. The van der Waals surface area contributed by atoms with E-state index in [0.29, 0.717) is 12.3 Å². The number of guanidine groups is 1. The van der Waals surface area contributed by atoms with Gasteiger partial charge in [0.25, 0.3) is 0 Å². The summed E-state index contributed by atoms with van der Waals surface area (Å²) >= 11 is 0. The number of aliphatic imine (C=N–C) groups is 1. The van der Waals surface area contributed by atoms with Crippen LogP contribution in [-0.2, 0) is 19.4 Å². The van der Waals surface area contributed by atoms with Gasteiger partial charge in [-0.1, -0.05) is 19.4 Å². The van der Waals surface area contributed by atoms with Gasteiger partial charge in [0.2, 0.25) is 0 Å². The molecule has 122 valence electrons. The van der Waals surface area contributed by atoms with Crippen LogP contribution < -0.4 is 10.6 Å². The Morgan fingerprint density at radius 3 is 2.77 bits per heavy atom. The number of phenols is 1. The SMILES string of the molecule is CCCCNC(=NCc1c(O)ccc2c1CCCC2)NCC. The zero-order chi connectivity index (χ0) is 15.8. The van der Waals surface area contributed by atoms with Crippen LogP contribution in [0.5, 0.6) is 5.75 Å². The highest BCUT2D eigenvalue weighted by Crippen LogP contribution is 2.30. The molecular formula is C18H29N3O. The van der Waals surface area contributed by atoms with E-state index in [2.05, 4.69) is 35.5 Å². The van der Waals surface area contributed by atoms with E-state index in [0.717, 1.165) is 43.9 Å². The molecule has 1 aromatic carbocycles. The Morgan fingerprint density at radius 2 is 2.00 bits per heavy atom. The van der Waals surface area contributed by atoms with E-state index < -0.39 is 0 Å². The first-order valence-electron chi connectivity index (χ1n) is 8.61. The molecule has 3 N–H and O–H groups in total. The van der Waals surface area contributed by atoms with Crippen molar-refractivity contribution in [3.05, 3.63) is 28.8 Å². The van der Waals surface area contributed by atoms with Crippen LogP contribution in [0.4, 0.5) is 0 Å². The lowest BCUT2D eigenvalue weighted by Gasteiger charge is -2.20. The lowest BCUT2D eigenvalue weighted by atomic mass is 9.88. The summed E-state index contributed by atoms with van der Waals surface area (Å²) in [6.45, 7) is 6.56. The van der Waals surface area contributed by atoms with E-state index in [9.17, 15) is 5.11 Å². The smallest absolute Gasteiger partial charge is 0.191 e. The summed E-state index contributed by atoms with van der Waals surface area (Å²) < 4.78 is 0. The Kier molecular flexibility index (Phi) is 6.56. The Labute approximate surface area is 134 Å². The number of nitrogens with zero attached hydrogens (tertiary/aromatic N) is 1.